The van der Waals surface area contributed by atoms with Crippen LogP contribution in [-0.2, 0) is 0 Å². The molecule has 0 saturated carbocycles. The van der Waals surface area contributed by atoms with Gasteiger partial charge in [-0.25, -0.2) is 0 Å². The summed E-state index contributed by atoms with van der Waals surface area (Å²) < 4.78 is 5.42. The molecule has 2 heterocycles. The molecule has 0 bridgehead atoms. The van der Waals surface area contributed by atoms with Crippen LogP contribution < -0.4 is 15.0 Å². The van der Waals surface area contributed by atoms with Crippen molar-refractivity contribution in [3.05, 3.63) is 0 Å². The summed E-state index contributed by atoms with van der Waals surface area (Å²) in [6.45, 7) is 13.1. The van der Waals surface area contributed by atoms with Crippen molar-refractivity contribution in [2.45, 2.75) is 33.2 Å². The molecule has 1 aromatic rings. The van der Waals surface area contributed by atoms with Crippen molar-refractivity contribution in [1.29, 1.82) is 0 Å². The predicted octanol–water partition coefficient (Wildman–Crippen LogP) is 1.23. The van der Waals surface area contributed by atoms with E-state index in [1.165, 1.54) is 0 Å². The molecule has 0 aliphatic carbocycles. The molecule has 118 valence electrons. The number of nitrogens with zero attached hydrogens (tertiary/aromatic N) is 5. The molecule has 0 spiro atoms. The number of hydrogen-bond donors (Lipinski definition) is 1. The van der Waals surface area contributed by atoms with Crippen molar-refractivity contribution in [2.24, 2.45) is 0 Å². The van der Waals surface area contributed by atoms with Crippen LogP contribution in [0.1, 0.15) is 27.7 Å². The summed E-state index contributed by atoms with van der Waals surface area (Å²) in [7, 11) is 1.80. The molecule has 0 amide bonds. The Balaban J connectivity index is 2.10. The highest BCUT2D eigenvalue weighted by molar-refractivity contribution is 5.38. The quantitative estimate of drug-likeness (QED) is 0.896. The van der Waals surface area contributed by atoms with Gasteiger partial charge in [0.15, 0.2) is 0 Å². The van der Waals surface area contributed by atoms with Crippen molar-refractivity contribution in [3.63, 3.8) is 0 Å². The number of ether oxygens (including phenoxy) is 1. The van der Waals surface area contributed by atoms with E-state index in [4.69, 9.17) is 4.74 Å². The maximum absolute atomic E-state index is 5.42. The Morgan fingerprint density at radius 2 is 1.76 bits per heavy atom. The van der Waals surface area contributed by atoms with Gasteiger partial charge in [-0.3, -0.25) is 4.90 Å². The Hall–Kier alpha value is -1.63. The first-order valence-corrected chi connectivity index (χ1v) is 7.50. The van der Waals surface area contributed by atoms with Crippen molar-refractivity contribution in [2.75, 3.05) is 50.1 Å². The highest BCUT2D eigenvalue weighted by Crippen LogP contribution is 2.20. The van der Waals surface area contributed by atoms with Crippen LogP contribution in [0, 0.1) is 0 Å². The van der Waals surface area contributed by atoms with E-state index in [-0.39, 0.29) is 5.54 Å². The van der Waals surface area contributed by atoms with Crippen LogP contribution in [0.4, 0.5) is 11.9 Å². The Morgan fingerprint density at radius 3 is 2.29 bits per heavy atom. The van der Waals surface area contributed by atoms with E-state index < -0.39 is 0 Å². The van der Waals surface area contributed by atoms with Crippen LogP contribution in [0.15, 0.2) is 0 Å². The van der Waals surface area contributed by atoms with Gasteiger partial charge in [-0.2, -0.15) is 15.0 Å². The number of aromatic nitrogens is 3. The molecule has 1 saturated heterocycles. The highest BCUT2D eigenvalue weighted by Gasteiger charge is 2.27. The third-order valence-corrected chi connectivity index (χ3v) is 3.61. The second-order valence-corrected chi connectivity index (χ2v) is 6.07. The molecule has 2 rings (SSSR count). The van der Waals surface area contributed by atoms with Gasteiger partial charge in [-0.15, -0.1) is 0 Å². The smallest absolute Gasteiger partial charge is 0.323 e. The molecule has 0 atom stereocenters. The third-order valence-electron chi connectivity index (χ3n) is 3.61. The van der Waals surface area contributed by atoms with Crippen LogP contribution in [0.2, 0.25) is 0 Å². The first kappa shape index (κ1) is 15.8. The second kappa shape index (κ2) is 6.43. The summed E-state index contributed by atoms with van der Waals surface area (Å²) in [5.41, 5.74) is 0.206. The predicted molar refractivity (Wildman–Crippen MR) is 84.1 cm³/mol. The molecule has 0 aromatic carbocycles. The lowest BCUT2D eigenvalue weighted by atomic mass is 10.1. The monoisotopic (exact) mass is 294 g/mol. The van der Waals surface area contributed by atoms with Crippen molar-refractivity contribution in [3.8, 4) is 6.01 Å². The zero-order valence-corrected chi connectivity index (χ0v) is 13.7. The van der Waals surface area contributed by atoms with E-state index in [1.54, 1.807) is 7.05 Å². The molecular formula is C14H26N6O. The summed E-state index contributed by atoms with van der Waals surface area (Å²) in [6.07, 6.45) is 0. The van der Waals surface area contributed by atoms with E-state index in [1.807, 2.05) is 6.92 Å². The second-order valence-electron chi connectivity index (χ2n) is 6.07. The lowest BCUT2D eigenvalue weighted by Gasteiger charge is -2.42. The summed E-state index contributed by atoms with van der Waals surface area (Å²) in [6, 6.07) is 0.380. The standard InChI is InChI=1S/C14H26N6O/c1-6-21-13-17-11(15-5)16-12(18-13)19-7-9-20(10-8-19)14(2,3)4/h6-10H2,1-5H3,(H,15,16,17,18). The maximum atomic E-state index is 5.42. The van der Waals surface area contributed by atoms with Crippen molar-refractivity contribution < 1.29 is 4.74 Å². The Kier molecular flexibility index (Phi) is 4.82. The molecule has 1 N–H and O–H groups in total. The summed E-state index contributed by atoms with van der Waals surface area (Å²) in [5, 5.41) is 2.96. The van der Waals surface area contributed by atoms with Crippen LogP contribution in [0.5, 0.6) is 6.01 Å². The number of anilines is 2. The van der Waals surface area contributed by atoms with Crippen LogP contribution in [0.3, 0.4) is 0 Å². The fraction of sp³-hybridized carbons (Fsp3) is 0.786. The van der Waals surface area contributed by atoms with E-state index in [2.05, 4.69) is 50.8 Å². The highest BCUT2D eigenvalue weighted by atomic mass is 16.5. The SMILES string of the molecule is CCOc1nc(NC)nc(N2CCN(C(C)(C)C)CC2)n1. The van der Waals surface area contributed by atoms with Crippen LogP contribution >= 0.6 is 0 Å². The maximum Gasteiger partial charge on any atom is 0.323 e. The number of rotatable bonds is 4. The van der Waals surface area contributed by atoms with E-state index in [0.717, 1.165) is 26.2 Å². The zero-order valence-electron chi connectivity index (χ0n) is 13.7. The Labute approximate surface area is 126 Å². The topological polar surface area (TPSA) is 66.4 Å². The summed E-state index contributed by atoms with van der Waals surface area (Å²) in [5.74, 6) is 1.23. The first-order chi connectivity index (χ1) is 9.94. The minimum absolute atomic E-state index is 0.206. The summed E-state index contributed by atoms with van der Waals surface area (Å²) >= 11 is 0. The molecule has 7 nitrogen and oxygen atoms in total. The average molecular weight is 294 g/mol. The van der Waals surface area contributed by atoms with Gasteiger partial charge in [-0.05, 0) is 27.7 Å². The minimum Gasteiger partial charge on any atom is -0.464 e. The fourth-order valence-electron chi connectivity index (χ4n) is 2.37. The van der Waals surface area contributed by atoms with Crippen LogP contribution in [0.25, 0.3) is 0 Å². The number of hydrogen-bond acceptors (Lipinski definition) is 7. The Morgan fingerprint density at radius 1 is 1.10 bits per heavy atom. The minimum atomic E-state index is 0.206. The van der Waals surface area contributed by atoms with Gasteiger partial charge in [0, 0.05) is 38.8 Å². The van der Waals surface area contributed by atoms with Crippen molar-refractivity contribution in [1.82, 2.24) is 19.9 Å². The number of piperazine rings is 1. The lowest BCUT2D eigenvalue weighted by molar-refractivity contribution is 0.128. The Bertz CT molecular complexity index is 465. The molecule has 7 heteroatoms. The molecule has 0 radical (unpaired) electrons. The summed E-state index contributed by atoms with van der Waals surface area (Å²) in [4.78, 5) is 17.7. The fourth-order valence-corrected chi connectivity index (χ4v) is 2.37. The van der Waals surface area contributed by atoms with Gasteiger partial charge < -0.3 is 15.0 Å². The lowest BCUT2D eigenvalue weighted by Crippen LogP contribution is -2.53. The average Bonchev–Trinajstić information content (AvgIpc) is 2.46. The van der Waals surface area contributed by atoms with E-state index in [9.17, 15) is 0 Å². The molecule has 0 unspecified atom stereocenters. The molecule has 21 heavy (non-hydrogen) atoms. The van der Waals surface area contributed by atoms with Gasteiger partial charge >= 0.3 is 6.01 Å². The molecule has 1 aliphatic heterocycles. The van der Waals surface area contributed by atoms with Crippen molar-refractivity contribution >= 4 is 11.9 Å². The van der Waals surface area contributed by atoms with Gasteiger partial charge in [0.2, 0.25) is 11.9 Å². The molecular weight excluding hydrogens is 268 g/mol. The third kappa shape index (κ3) is 3.93. The van der Waals surface area contributed by atoms with Gasteiger partial charge in [-0.1, -0.05) is 0 Å². The van der Waals surface area contributed by atoms with Gasteiger partial charge in [0.1, 0.15) is 0 Å². The normalized spacial score (nSPS) is 16.9. The van der Waals surface area contributed by atoms with Gasteiger partial charge in [0.05, 0.1) is 6.61 Å². The first-order valence-electron chi connectivity index (χ1n) is 7.50. The van der Waals surface area contributed by atoms with E-state index >= 15 is 0 Å². The zero-order chi connectivity index (χ0) is 15.5. The number of nitrogens with one attached hydrogen (secondary N) is 1. The largest absolute Gasteiger partial charge is 0.464 e. The van der Waals surface area contributed by atoms with E-state index in [0.29, 0.717) is 24.5 Å². The van der Waals surface area contributed by atoms with Gasteiger partial charge in [0.25, 0.3) is 0 Å². The molecule has 1 aliphatic rings. The van der Waals surface area contributed by atoms with Crippen LogP contribution in [-0.4, -0.2) is 65.2 Å². The molecule has 1 fully saturated rings. The molecule has 1 aromatic heterocycles.